The van der Waals surface area contributed by atoms with Gasteiger partial charge in [-0.3, -0.25) is 4.79 Å². The fourth-order valence-electron chi connectivity index (χ4n) is 3.05. The Balaban J connectivity index is 0.00000243. The van der Waals surface area contributed by atoms with Crippen molar-refractivity contribution in [3.8, 4) is 0 Å². The summed E-state index contributed by atoms with van der Waals surface area (Å²) >= 11 is 1.84. The van der Waals surface area contributed by atoms with Gasteiger partial charge in [0.15, 0.2) is 0 Å². The number of nitrogens with one attached hydrogen (secondary N) is 1. The molecule has 0 unspecified atom stereocenters. The molecule has 140 valence electrons. The van der Waals surface area contributed by atoms with Crippen LogP contribution in [0, 0.1) is 13.8 Å². The number of carbonyl (C=O) groups is 1. The Labute approximate surface area is 167 Å². The van der Waals surface area contributed by atoms with E-state index in [0.717, 1.165) is 43.9 Å². The highest BCUT2D eigenvalue weighted by atomic mass is 35.5. The van der Waals surface area contributed by atoms with E-state index in [0.29, 0.717) is 0 Å². The summed E-state index contributed by atoms with van der Waals surface area (Å²) in [4.78, 5) is 16.1. The summed E-state index contributed by atoms with van der Waals surface area (Å²) in [6.07, 6.45) is 1.02. The maximum Gasteiger partial charge on any atom is 0.253 e. The van der Waals surface area contributed by atoms with Crippen LogP contribution in [0.1, 0.15) is 33.5 Å². The van der Waals surface area contributed by atoms with Gasteiger partial charge >= 0.3 is 0 Å². The van der Waals surface area contributed by atoms with Crippen LogP contribution in [0.25, 0.3) is 0 Å². The first-order valence-electron chi connectivity index (χ1n) is 8.92. The van der Waals surface area contributed by atoms with E-state index in [1.165, 1.54) is 21.6 Å². The molecule has 0 aliphatic carbocycles. The zero-order valence-electron chi connectivity index (χ0n) is 15.5. The van der Waals surface area contributed by atoms with Crippen LogP contribution in [0.3, 0.4) is 0 Å². The van der Waals surface area contributed by atoms with Crippen molar-refractivity contribution in [3.63, 3.8) is 0 Å². The van der Waals surface area contributed by atoms with Crippen molar-refractivity contribution in [1.82, 2.24) is 10.2 Å². The number of rotatable bonds is 4. The second-order valence-electron chi connectivity index (χ2n) is 6.65. The number of nitrogens with zero attached hydrogens (tertiary/aromatic N) is 1. The Kier molecular flexibility index (Phi) is 8.01. The van der Waals surface area contributed by atoms with Gasteiger partial charge in [-0.2, -0.15) is 0 Å². The van der Waals surface area contributed by atoms with Crippen LogP contribution in [0.15, 0.2) is 47.4 Å². The number of amides is 1. The molecule has 1 aliphatic rings. The summed E-state index contributed by atoms with van der Waals surface area (Å²) in [5.74, 6) is 1.04. The number of benzene rings is 2. The first-order valence-corrected chi connectivity index (χ1v) is 9.91. The predicted molar refractivity (Wildman–Crippen MR) is 113 cm³/mol. The van der Waals surface area contributed by atoms with Gasteiger partial charge in [-0.25, -0.2) is 0 Å². The van der Waals surface area contributed by atoms with Crippen LogP contribution in [0.4, 0.5) is 0 Å². The third kappa shape index (κ3) is 5.50. The van der Waals surface area contributed by atoms with Gasteiger partial charge in [0.25, 0.3) is 5.91 Å². The van der Waals surface area contributed by atoms with E-state index in [4.69, 9.17) is 0 Å². The molecule has 2 aromatic carbocycles. The topological polar surface area (TPSA) is 32.3 Å². The molecular formula is C21H27ClN2OS. The maximum absolute atomic E-state index is 12.8. The summed E-state index contributed by atoms with van der Waals surface area (Å²) in [7, 11) is 0. The molecule has 0 atom stereocenters. The third-order valence-electron chi connectivity index (χ3n) is 4.54. The lowest BCUT2D eigenvalue weighted by Crippen LogP contribution is -2.34. The molecule has 1 aliphatic heterocycles. The number of hydrogen-bond acceptors (Lipinski definition) is 3. The number of thioether (sulfide) groups is 1. The fourth-order valence-corrected chi connectivity index (χ4v) is 4.12. The zero-order valence-corrected chi connectivity index (χ0v) is 17.1. The van der Waals surface area contributed by atoms with Gasteiger partial charge in [-0.05, 0) is 56.1 Å². The smallest absolute Gasteiger partial charge is 0.253 e. The molecule has 0 spiro atoms. The molecule has 3 nitrogen and oxygen atoms in total. The van der Waals surface area contributed by atoms with Crippen molar-refractivity contribution in [2.24, 2.45) is 0 Å². The van der Waals surface area contributed by atoms with Crippen LogP contribution >= 0.6 is 24.2 Å². The van der Waals surface area contributed by atoms with Crippen molar-refractivity contribution in [3.05, 3.63) is 64.7 Å². The summed E-state index contributed by atoms with van der Waals surface area (Å²) in [6, 6.07) is 14.7. The third-order valence-corrected chi connectivity index (χ3v) is 5.77. The molecule has 0 aromatic heterocycles. The van der Waals surface area contributed by atoms with Gasteiger partial charge in [-0.15, -0.1) is 24.2 Å². The zero-order chi connectivity index (χ0) is 17.6. The molecule has 0 bridgehead atoms. The number of carbonyl (C=O) groups excluding carboxylic acids is 1. The maximum atomic E-state index is 12.8. The van der Waals surface area contributed by atoms with Crippen LogP contribution in [0.2, 0.25) is 0 Å². The molecular weight excluding hydrogens is 364 g/mol. The van der Waals surface area contributed by atoms with Crippen molar-refractivity contribution in [1.29, 1.82) is 0 Å². The summed E-state index contributed by atoms with van der Waals surface area (Å²) in [5.41, 5.74) is 4.59. The Morgan fingerprint density at radius 2 is 1.96 bits per heavy atom. The molecule has 26 heavy (non-hydrogen) atoms. The van der Waals surface area contributed by atoms with Gasteiger partial charge in [0.1, 0.15) is 0 Å². The standard InChI is InChI=1S/C21H26N2OS.ClH/c1-16-7-8-17(2)20(13-16)25-15-18-5-3-6-19(14-18)21(24)23-11-4-9-22-10-12-23;/h3,5-8,13-14,22H,4,9-12,15H2,1-2H3;1H. The van der Waals surface area contributed by atoms with Crippen LogP contribution < -0.4 is 5.32 Å². The van der Waals surface area contributed by atoms with E-state index in [2.05, 4.69) is 49.5 Å². The fraction of sp³-hybridized carbons (Fsp3) is 0.381. The molecule has 1 saturated heterocycles. The summed E-state index contributed by atoms with van der Waals surface area (Å²) in [5, 5.41) is 3.35. The van der Waals surface area contributed by atoms with Gasteiger partial charge in [0.05, 0.1) is 0 Å². The van der Waals surface area contributed by atoms with E-state index in [-0.39, 0.29) is 18.3 Å². The minimum Gasteiger partial charge on any atom is -0.337 e. The van der Waals surface area contributed by atoms with Gasteiger partial charge < -0.3 is 10.2 Å². The van der Waals surface area contributed by atoms with Crippen molar-refractivity contribution in [2.75, 3.05) is 26.2 Å². The largest absolute Gasteiger partial charge is 0.337 e. The summed E-state index contributed by atoms with van der Waals surface area (Å²) in [6.45, 7) is 7.78. The van der Waals surface area contributed by atoms with Crippen molar-refractivity contribution < 1.29 is 4.79 Å². The molecule has 5 heteroatoms. The number of aryl methyl sites for hydroxylation is 2. The highest BCUT2D eigenvalue weighted by Gasteiger charge is 2.17. The minimum absolute atomic E-state index is 0. The highest BCUT2D eigenvalue weighted by molar-refractivity contribution is 7.98. The molecule has 1 N–H and O–H groups in total. The predicted octanol–water partition coefficient (Wildman–Crippen LogP) is 4.45. The quantitative estimate of drug-likeness (QED) is 0.782. The average molecular weight is 391 g/mol. The average Bonchev–Trinajstić information content (AvgIpc) is 2.91. The van der Waals surface area contributed by atoms with Gasteiger partial charge in [-0.1, -0.05) is 29.8 Å². The normalized spacial score (nSPS) is 14.5. The molecule has 3 rings (SSSR count). The SMILES string of the molecule is Cc1ccc(C)c(SCc2cccc(C(=O)N3CCCNCC3)c2)c1.Cl. The molecule has 2 aromatic rings. The Bertz CT molecular complexity index is 743. The first kappa shape index (κ1) is 20.8. The lowest BCUT2D eigenvalue weighted by atomic mass is 10.1. The van der Waals surface area contributed by atoms with Crippen LogP contribution in [-0.2, 0) is 5.75 Å². The van der Waals surface area contributed by atoms with E-state index in [1.54, 1.807) is 0 Å². The second kappa shape index (κ2) is 10.0. The monoisotopic (exact) mass is 390 g/mol. The molecule has 0 saturated carbocycles. The minimum atomic E-state index is 0. The second-order valence-corrected chi connectivity index (χ2v) is 7.67. The van der Waals surface area contributed by atoms with Crippen molar-refractivity contribution >= 4 is 30.1 Å². The van der Waals surface area contributed by atoms with E-state index in [9.17, 15) is 4.79 Å². The van der Waals surface area contributed by atoms with E-state index < -0.39 is 0 Å². The summed E-state index contributed by atoms with van der Waals surface area (Å²) < 4.78 is 0. The lowest BCUT2D eigenvalue weighted by Gasteiger charge is -2.20. The molecule has 0 radical (unpaired) electrons. The molecule has 1 heterocycles. The van der Waals surface area contributed by atoms with Crippen molar-refractivity contribution in [2.45, 2.75) is 30.9 Å². The van der Waals surface area contributed by atoms with Gasteiger partial charge in [0.2, 0.25) is 0 Å². The Morgan fingerprint density at radius 3 is 2.81 bits per heavy atom. The number of hydrogen-bond donors (Lipinski definition) is 1. The number of halogens is 1. The van der Waals surface area contributed by atoms with Gasteiger partial charge in [0, 0.05) is 35.8 Å². The highest BCUT2D eigenvalue weighted by Crippen LogP contribution is 2.27. The lowest BCUT2D eigenvalue weighted by molar-refractivity contribution is 0.0766. The van der Waals surface area contributed by atoms with E-state index >= 15 is 0 Å². The Hall–Kier alpha value is -1.49. The van der Waals surface area contributed by atoms with Crippen LogP contribution in [0.5, 0.6) is 0 Å². The van der Waals surface area contributed by atoms with E-state index in [1.807, 2.05) is 28.8 Å². The van der Waals surface area contributed by atoms with Crippen LogP contribution in [-0.4, -0.2) is 37.0 Å². The first-order chi connectivity index (χ1) is 12.1. The Morgan fingerprint density at radius 1 is 1.12 bits per heavy atom. The molecule has 1 amide bonds. The molecule has 1 fully saturated rings.